The quantitative estimate of drug-likeness (QED) is 0.550. The van der Waals surface area contributed by atoms with E-state index in [1.165, 1.54) is 0 Å². The molecule has 0 atom stereocenters. The van der Waals surface area contributed by atoms with Crippen LogP contribution in [0.5, 0.6) is 17.2 Å². The van der Waals surface area contributed by atoms with Gasteiger partial charge in [-0.25, -0.2) is 0 Å². The van der Waals surface area contributed by atoms with Gasteiger partial charge in [0.1, 0.15) is 23.9 Å². The molecule has 3 aromatic rings. The molecule has 0 aliphatic heterocycles. The first-order valence-corrected chi connectivity index (χ1v) is 9.61. The number of anilines is 1. The predicted molar refractivity (Wildman–Crippen MR) is 120 cm³/mol. The predicted octanol–water partition coefficient (Wildman–Crippen LogP) is 4.41. The summed E-state index contributed by atoms with van der Waals surface area (Å²) in [5.74, 6) is 1.86. The normalized spacial score (nSPS) is 10.1. The first-order valence-electron chi connectivity index (χ1n) is 9.20. The molecule has 0 radical (unpaired) electrons. The average Bonchev–Trinajstić information content (AvgIpc) is 2.78. The number of methoxy groups -OCH3 is 2. The number of hydrogen-bond acceptors (Lipinski definition) is 5. The van der Waals surface area contributed by atoms with Gasteiger partial charge in [0, 0.05) is 16.8 Å². The highest BCUT2D eigenvalue weighted by Gasteiger charge is 2.13. The summed E-state index contributed by atoms with van der Waals surface area (Å²) in [7, 11) is 3.21. The van der Waals surface area contributed by atoms with Crippen LogP contribution in [-0.2, 0) is 6.61 Å². The van der Waals surface area contributed by atoms with Gasteiger partial charge in [-0.15, -0.1) is 0 Å². The largest absolute Gasteiger partial charge is 0.497 e. The van der Waals surface area contributed by atoms with Crippen molar-refractivity contribution in [1.29, 1.82) is 0 Å². The molecule has 0 aromatic heterocycles. The van der Waals surface area contributed by atoms with Crippen LogP contribution in [0.2, 0.25) is 0 Å². The van der Waals surface area contributed by atoms with Crippen molar-refractivity contribution in [2.24, 2.45) is 0 Å². The van der Waals surface area contributed by atoms with Crippen molar-refractivity contribution >= 4 is 28.9 Å². The van der Waals surface area contributed by atoms with Gasteiger partial charge in [-0.1, -0.05) is 18.2 Å². The van der Waals surface area contributed by atoms with Crippen LogP contribution >= 0.6 is 12.2 Å². The van der Waals surface area contributed by atoms with E-state index in [4.69, 9.17) is 26.4 Å². The van der Waals surface area contributed by atoms with Crippen LogP contribution in [0.3, 0.4) is 0 Å². The molecule has 6 nitrogen and oxygen atoms in total. The first-order chi connectivity index (χ1) is 14.6. The van der Waals surface area contributed by atoms with Gasteiger partial charge in [0.2, 0.25) is 0 Å². The van der Waals surface area contributed by atoms with E-state index in [-0.39, 0.29) is 17.6 Å². The van der Waals surface area contributed by atoms with Crippen molar-refractivity contribution in [3.8, 4) is 17.2 Å². The molecule has 1 amide bonds. The van der Waals surface area contributed by atoms with Crippen molar-refractivity contribution in [1.82, 2.24) is 5.32 Å². The third-order valence-corrected chi connectivity index (χ3v) is 4.49. The summed E-state index contributed by atoms with van der Waals surface area (Å²) >= 11 is 5.26. The third-order valence-electron chi connectivity index (χ3n) is 4.29. The van der Waals surface area contributed by atoms with Crippen LogP contribution in [-0.4, -0.2) is 25.2 Å². The number of amides is 1. The maximum atomic E-state index is 12.7. The molecule has 0 spiro atoms. The lowest BCUT2D eigenvalue weighted by atomic mass is 10.1. The minimum atomic E-state index is -0.310. The van der Waals surface area contributed by atoms with Crippen LogP contribution in [0.1, 0.15) is 15.9 Å². The van der Waals surface area contributed by atoms with Crippen molar-refractivity contribution in [3.63, 3.8) is 0 Å². The van der Waals surface area contributed by atoms with E-state index in [9.17, 15) is 4.79 Å². The lowest BCUT2D eigenvalue weighted by Crippen LogP contribution is -2.34. The highest BCUT2D eigenvalue weighted by molar-refractivity contribution is 7.80. The Morgan fingerprint density at radius 1 is 0.833 bits per heavy atom. The maximum Gasteiger partial charge on any atom is 0.257 e. The highest BCUT2D eigenvalue weighted by atomic mass is 32.1. The second-order valence-corrected chi connectivity index (χ2v) is 6.67. The van der Waals surface area contributed by atoms with Crippen LogP contribution in [0.4, 0.5) is 5.69 Å². The van der Waals surface area contributed by atoms with Crippen LogP contribution in [0.25, 0.3) is 0 Å². The van der Waals surface area contributed by atoms with Crippen molar-refractivity contribution in [2.45, 2.75) is 6.61 Å². The summed E-state index contributed by atoms with van der Waals surface area (Å²) in [4.78, 5) is 12.7. The topological polar surface area (TPSA) is 68.8 Å². The number of ether oxygens (including phenoxy) is 3. The van der Waals surface area contributed by atoms with Gasteiger partial charge in [0.15, 0.2) is 5.11 Å². The van der Waals surface area contributed by atoms with E-state index in [0.29, 0.717) is 11.3 Å². The van der Waals surface area contributed by atoms with Gasteiger partial charge >= 0.3 is 0 Å². The number of benzene rings is 3. The Balaban J connectivity index is 1.61. The molecule has 3 aromatic carbocycles. The number of carbonyl (C=O) groups excluding carboxylic acids is 1. The Hall–Kier alpha value is -3.58. The number of hydrogen-bond donors (Lipinski definition) is 2. The molecule has 2 N–H and O–H groups in total. The van der Waals surface area contributed by atoms with Crippen LogP contribution in [0, 0.1) is 0 Å². The minimum absolute atomic E-state index is 0.205. The van der Waals surface area contributed by atoms with Gasteiger partial charge in [-0.3, -0.25) is 10.1 Å². The highest BCUT2D eigenvalue weighted by Crippen LogP contribution is 2.19. The monoisotopic (exact) mass is 422 g/mol. The Morgan fingerprint density at radius 2 is 1.40 bits per heavy atom. The van der Waals surface area contributed by atoms with E-state index in [0.717, 1.165) is 22.7 Å². The zero-order valence-electron chi connectivity index (χ0n) is 16.7. The molecule has 0 aliphatic rings. The van der Waals surface area contributed by atoms with Crippen LogP contribution in [0.15, 0.2) is 72.8 Å². The molecule has 0 aliphatic carbocycles. The lowest BCUT2D eigenvalue weighted by Gasteiger charge is -2.13. The summed E-state index contributed by atoms with van der Waals surface area (Å²) in [6.45, 7) is 0.245. The number of carbonyl (C=O) groups is 1. The van der Waals surface area contributed by atoms with Gasteiger partial charge in [0.25, 0.3) is 5.91 Å². The summed E-state index contributed by atoms with van der Waals surface area (Å²) in [6.07, 6.45) is 0. The summed E-state index contributed by atoms with van der Waals surface area (Å²) in [6, 6.07) is 21.7. The van der Waals surface area contributed by atoms with E-state index < -0.39 is 0 Å². The van der Waals surface area contributed by atoms with E-state index in [2.05, 4.69) is 10.6 Å². The van der Waals surface area contributed by atoms with Crippen molar-refractivity contribution < 1.29 is 19.0 Å². The van der Waals surface area contributed by atoms with Gasteiger partial charge < -0.3 is 19.5 Å². The Kier molecular flexibility index (Phi) is 7.24. The zero-order chi connectivity index (χ0) is 21.3. The molecule has 0 saturated carbocycles. The molecule has 0 unspecified atom stereocenters. The first kappa shape index (κ1) is 21.1. The molecule has 3 rings (SSSR count). The molecular formula is C23H22N2O4S. The fourth-order valence-corrected chi connectivity index (χ4v) is 2.92. The number of nitrogens with one attached hydrogen (secondary N) is 2. The molecule has 0 bridgehead atoms. The fraction of sp³-hybridized carbons (Fsp3) is 0.130. The van der Waals surface area contributed by atoms with Gasteiger partial charge in [-0.2, -0.15) is 0 Å². The van der Waals surface area contributed by atoms with E-state index in [1.54, 1.807) is 38.5 Å². The smallest absolute Gasteiger partial charge is 0.257 e. The Labute approximate surface area is 180 Å². The minimum Gasteiger partial charge on any atom is -0.497 e. The van der Waals surface area contributed by atoms with Crippen molar-refractivity contribution in [2.75, 3.05) is 19.5 Å². The SMILES string of the molecule is COc1ccc(NC(=S)NC(=O)c2ccccc2COc2ccc(OC)cc2)cc1. The van der Waals surface area contributed by atoms with E-state index >= 15 is 0 Å². The van der Waals surface area contributed by atoms with Crippen LogP contribution < -0.4 is 24.8 Å². The molecule has 0 saturated heterocycles. The maximum absolute atomic E-state index is 12.7. The summed E-state index contributed by atoms with van der Waals surface area (Å²) < 4.78 is 16.1. The lowest BCUT2D eigenvalue weighted by molar-refractivity contribution is 0.0975. The Morgan fingerprint density at radius 3 is 2.03 bits per heavy atom. The summed E-state index contributed by atoms with van der Waals surface area (Å²) in [5.41, 5.74) is 1.99. The number of thiocarbonyl (C=S) groups is 1. The molecule has 30 heavy (non-hydrogen) atoms. The zero-order valence-corrected chi connectivity index (χ0v) is 17.5. The molecule has 0 fully saturated rings. The molecule has 154 valence electrons. The molecule has 7 heteroatoms. The van der Waals surface area contributed by atoms with Crippen molar-refractivity contribution in [3.05, 3.63) is 83.9 Å². The summed E-state index contributed by atoms with van der Waals surface area (Å²) in [5, 5.41) is 5.89. The fourth-order valence-electron chi connectivity index (χ4n) is 2.71. The molecular weight excluding hydrogens is 400 g/mol. The van der Waals surface area contributed by atoms with Gasteiger partial charge in [0.05, 0.1) is 14.2 Å². The third kappa shape index (κ3) is 5.71. The standard InChI is InChI=1S/C23H22N2O4S/c1-27-18-9-7-17(8-10-18)24-23(30)25-22(26)21-6-4-3-5-16(21)15-29-20-13-11-19(28-2)12-14-20/h3-14H,15H2,1-2H3,(H2,24,25,26,30). The van der Waals surface area contributed by atoms with Gasteiger partial charge in [-0.05, 0) is 66.8 Å². The Bertz CT molecular complexity index is 1000. The number of rotatable bonds is 7. The second kappa shape index (κ2) is 10.3. The van der Waals surface area contributed by atoms with E-state index in [1.807, 2.05) is 48.5 Å². The average molecular weight is 423 g/mol. The second-order valence-electron chi connectivity index (χ2n) is 6.26. The molecule has 0 heterocycles.